The number of nitrogens with two attached hydrogens (primary N) is 1. The third-order valence-corrected chi connectivity index (χ3v) is 4.44. The minimum atomic E-state index is -0.748. The van der Waals surface area contributed by atoms with Crippen molar-refractivity contribution in [3.05, 3.63) is 95.3 Å². The summed E-state index contributed by atoms with van der Waals surface area (Å²) in [5, 5.41) is 2.66. The van der Waals surface area contributed by atoms with Crippen LogP contribution in [-0.4, -0.2) is 19.0 Å². The van der Waals surface area contributed by atoms with Crippen LogP contribution in [-0.2, 0) is 13.2 Å². The quantitative estimate of drug-likeness (QED) is 0.496. The summed E-state index contributed by atoms with van der Waals surface area (Å²) in [7, 11) is 0. The van der Waals surface area contributed by atoms with Gasteiger partial charge in [-0.15, -0.1) is 0 Å². The maximum absolute atomic E-state index is 15.2. The lowest BCUT2D eigenvalue weighted by atomic mass is 10.1. The van der Waals surface area contributed by atoms with Crippen LogP contribution in [0.2, 0.25) is 0 Å². The monoisotopic (exact) mass is 408 g/mol. The molecule has 3 aromatic rings. The minimum Gasteiger partial charge on any atom is -0.485 e. The molecule has 0 radical (unpaired) electrons. The molecule has 0 aliphatic heterocycles. The van der Waals surface area contributed by atoms with Gasteiger partial charge in [-0.2, -0.15) is 0 Å². The van der Waals surface area contributed by atoms with Crippen molar-refractivity contribution in [2.24, 2.45) is 5.73 Å². The minimum absolute atomic E-state index is 0.0822. The second-order valence-corrected chi connectivity index (χ2v) is 6.70. The van der Waals surface area contributed by atoms with Gasteiger partial charge in [0.25, 0.3) is 5.91 Å². The summed E-state index contributed by atoms with van der Waals surface area (Å²) < 4.78 is 26.8. The first-order valence-electron chi connectivity index (χ1n) is 9.83. The zero-order valence-corrected chi connectivity index (χ0v) is 16.6. The van der Waals surface area contributed by atoms with Crippen molar-refractivity contribution in [3.8, 4) is 11.5 Å². The van der Waals surface area contributed by atoms with Crippen LogP contribution in [0.15, 0.2) is 72.8 Å². The lowest BCUT2D eigenvalue weighted by Gasteiger charge is -2.16. The Labute approximate surface area is 175 Å². The van der Waals surface area contributed by atoms with Crippen molar-refractivity contribution >= 4 is 5.91 Å². The Morgan fingerprint density at radius 2 is 1.47 bits per heavy atom. The largest absolute Gasteiger partial charge is 0.485 e. The Kier molecular flexibility index (Phi) is 7.80. The molecule has 0 spiro atoms. The summed E-state index contributed by atoms with van der Waals surface area (Å²) in [6, 6.07) is 21.9. The van der Waals surface area contributed by atoms with Crippen molar-refractivity contribution in [2.45, 2.75) is 19.6 Å². The predicted molar refractivity (Wildman–Crippen MR) is 114 cm³/mol. The summed E-state index contributed by atoms with van der Waals surface area (Å²) in [6.45, 7) is 1.23. The third-order valence-electron chi connectivity index (χ3n) is 4.44. The maximum Gasteiger partial charge on any atom is 0.254 e. The molecule has 0 unspecified atom stereocenters. The highest BCUT2D eigenvalue weighted by Gasteiger charge is 2.21. The van der Waals surface area contributed by atoms with E-state index in [0.717, 1.165) is 11.1 Å². The molecule has 30 heavy (non-hydrogen) atoms. The Morgan fingerprint density at radius 3 is 2.07 bits per heavy atom. The van der Waals surface area contributed by atoms with Crippen LogP contribution in [0.25, 0.3) is 0 Å². The first-order valence-corrected chi connectivity index (χ1v) is 9.83. The van der Waals surface area contributed by atoms with Crippen LogP contribution in [0.1, 0.15) is 27.9 Å². The number of benzene rings is 3. The van der Waals surface area contributed by atoms with Crippen LogP contribution in [0.3, 0.4) is 0 Å². The summed E-state index contributed by atoms with van der Waals surface area (Å²) in [5.41, 5.74) is 7.17. The smallest absolute Gasteiger partial charge is 0.254 e. The van der Waals surface area contributed by atoms with E-state index in [4.69, 9.17) is 15.2 Å². The van der Waals surface area contributed by atoms with E-state index in [2.05, 4.69) is 5.32 Å². The van der Waals surface area contributed by atoms with Crippen LogP contribution in [0, 0.1) is 5.82 Å². The number of nitrogens with one attached hydrogen (secondary N) is 1. The number of amides is 1. The Bertz CT molecular complexity index is 949. The molecule has 0 aliphatic carbocycles. The predicted octanol–water partition coefficient (Wildman–Crippen LogP) is 4.06. The highest BCUT2D eigenvalue weighted by Crippen LogP contribution is 2.34. The SMILES string of the molecule is NCCCNC(=O)c1ccc(OCc2ccccc2)c(OCc2ccccc2)c1F. The number of carbonyl (C=O) groups is 1. The van der Waals surface area contributed by atoms with E-state index in [1.54, 1.807) is 6.07 Å². The second-order valence-electron chi connectivity index (χ2n) is 6.70. The molecule has 5 nitrogen and oxygen atoms in total. The number of hydrogen-bond donors (Lipinski definition) is 2. The van der Waals surface area contributed by atoms with Crippen LogP contribution >= 0.6 is 0 Å². The first-order chi connectivity index (χ1) is 14.7. The van der Waals surface area contributed by atoms with Crippen molar-refractivity contribution in [3.63, 3.8) is 0 Å². The van der Waals surface area contributed by atoms with E-state index in [9.17, 15) is 4.79 Å². The zero-order chi connectivity index (χ0) is 21.2. The molecule has 3 aromatic carbocycles. The van der Waals surface area contributed by atoms with Gasteiger partial charge in [-0.3, -0.25) is 4.79 Å². The third kappa shape index (κ3) is 5.81. The van der Waals surface area contributed by atoms with Gasteiger partial charge in [0, 0.05) is 6.54 Å². The molecule has 3 N–H and O–H groups in total. The van der Waals surface area contributed by atoms with Gasteiger partial charge in [0.15, 0.2) is 17.3 Å². The van der Waals surface area contributed by atoms with E-state index >= 15 is 4.39 Å². The normalized spacial score (nSPS) is 10.5. The average Bonchev–Trinajstić information content (AvgIpc) is 2.78. The topological polar surface area (TPSA) is 73.6 Å². The van der Waals surface area contributed by atoms with Gasteiger partial charge in [0.2, 0.25) is 0 Å². The van der Waals surface area contributed by atoms with E-state index < -0.39 is 11.7 Å². The molecule has 0 saturated carbocycles. The summed E-state index contributed by atoms with van der Waals surface area (Å²) in [4.78, 5) is 12.4. The van der Waals surface area contributed by atoms with E-state index in [-0.39, 0.29) is 30.3 Å². The van der Waals surface area contributed by atoms with Crippen LogP contribution in [0.5, 0.6) is 11.5 Å². The molecule has 0 heterocycles. The lowest BCUT2D eigenvalue weighted by molar-refractivity contribution is 0.0948. The Hall–Kier alpha value is -3.38. The molecule has 0 bridgehead atoms. The number of halogens is 1. The average molecular weight is 408 g/mol. The fourth-order valence-corrected chi connectivity index (χ4v) is 2.83. The number of hydrogen-bond acceptors (Lipinski definition) is 4. The van der Waals surface area contributed by atoms with Gasteiger partial charge in [-0.1, -0.05) is 60.7 Å². The van der Waals surface area contributed by atoms with Gasteiger partial charge in [-0.05, 0) is 36.2 Å². The molecule has 0 fully saturated rings. The molecular formula is C24H25FN2O3. The first kappa shape index (κ1) is 21.3. The van der Waals surface area contributed by atoms with Crippen molar-refractivity contribution in [1.29, 1.82) is 0 Å². The lowest BCUT2D eigenvalue weighted by Crippen LogP contribution is -2.27. The summed E-state index contributed by atoms with van der Waals surface area (Å²) in [5.74, 6) is -1.10. The fraction of sp³-hybridized carbons (Fsp3) is 0.208. The molecule has 0 aliphatic rings. The van der Waals surface area contributed by atoms with Gasteiger partial charge in [0.1, 0.15) is 13.2 Å². The molecule has 0 saturated heterocycles. The molecule has 156 valence electrons. The van der Waals surface area contributed by atoms with Gasteiger partial charge in [-0.25, -0.2) is 4.39 Å². The Balaban J connectivity index is 1.82. The second kappa shape index (κ2) is 11.0. The summed E-state index contributed by atoms with van der Waals surface area (Å²) in [6.07, 6.45) is 0.614. The van der Waals surface area contributed by atoms with E-state index in [1.165, 1.54) is 6.07 Å². The van der Waals surface area contributed by atoms with Gasteiger partial charge in [0.05, 0.1) is 5.56 Å². The van der Waals surface area contributed by atoms with Crippen LogP contribution < -0.4 is 20.5 Å². The highest BCUT2D eigenvalue weighted by molar-refractivity contribution is 5.95. The van der Waals surface area contributed by atoms with Crippen molar-refractivity contribution in [2.75, 3.05) is 13.1 Å². The van der Waals surface area contributed by atoms with Crippen LogP contribution in [0.4, 0.5) is 4.39 Å². The van der Waals surface area contributed by atoms with Crippen molar-refractivity contribution in [1.82, 2.24) is 5.32 Å². The molecule has 1 amide bonds. The number of rotatable bonds is 10. The molecule has 6 heteroatoms. The standard InChI is InChI=1S/C24H25FN2O3/c25-22-20(24(28)27-15-7-14-26)12-13-21(29-16-18-8-3-1-4-9-18)23(22)30-17-19-10-5-2-6-11-19/h1-6,8-13H,7,14-17,26H2,(H,27,28). The van der Waals surface area contributed by atoms with Gasteiger partial charge >= 0.3 is 0 Å². The summed E-state index contributed by atoms with van der Waals surface area (Å²) >= 11 is 0. The molecule has 0 aromatic heterocycles. The molecular weight excluding hydrogens is 383 g/mol. The zero-order valence-electron chi connectivity index (χ0n) is 16.6. The Morgan fingerprint density at radius 1 is 0.867 bits per heavy atom. The fourth-order valence-electron chi connectivity index (χ4n) is 2.83. The van der Waals surface area contributed by atoms with Crippen molar-refractivity contribution < 1.29 is 18.7 Å². The molecule has 0 atom stereocenters. The number of ether oxygens (including phenoxy) is 2. The van der Waals surface area contributed by atoms with E-state index in [0.29, 0.717) is 19.5 Å². The van der Waals surface area contributed by atoms with Gasteiger partial charge < -0.3 is 20.5 Å². The van der Waals surface area contributed by atoms with E-state index in [1.807, 2.05) is 60.7 Å². The number of carbonyl (C=O) groups excluding carboxylic acids is 1. The maximum atomic E-state index is 15.2. The highest BCUT2D eigenvalue weighted by atomic mass is 19.1. The molecule has 3 rings (SSSR count).